The summed E-state index contributed by atoms with van der Waals surface area (Å²) in [7, 11) is 0. The van der Waals surface area contributed by atoms with Gasteiger partial charge in [0.15, 0.2) is 0 Å². The van der Waals surface area contributed by atoms with Crippen LogP contribution in [0.15, 0.2) is 42.0 Å². The van der Waals surface area contributed by atoms with Gasteiger partial charge in [-0.1, -0.05) is 30.3 Å². The van der Waals surface area contributed by atoms with Crippen molar-refractivity contribution in [3.05, 3.63) is 52.5 Å². The number of aromatic nitrogens is 1. The van der Waals surface area contributed by atoms with Gasteiger partial charge in [0.1, 0.15) is 4.88 Å². The molecule has 5 heteroatoms. The first-order chi connectivity index (χ1) is 10.2. The molecule has 0 saturated heterocycles. The van der Waals surface area contributed by atoms with Crippen molar-refractivity contribution in [2.75, 3.05) is 0 Å². The Hall–Kier alpha value is -1.72. The maximum Gasteiger partial charge on any atom is 0.263 e. The molecule has 2 aromatic rings. The monoisotopic (exact) mass is 302 g/mol. The maximum atomic E-state index is 12.2. The van der Waals surface area contributed by atoms with E-state index in [1.54, 1.807) is 11.7 Å². The molecule has 1 fully saturated rings. The number of aliphatic hydroxyl groups is 1. The molecule has 0 spiro atoms. The molecule has 4 nitrogen and oxygen atoms in total. The zero-order chi connectivity index (χ0) is 14.7. The van der Waals surface area contributed by atoms with Gasteiger partial charge >= 0.3 is 0 Å². The smallest absolute Gasteiger partial charge is 0.263 e. The fourth-order valence-electron chi connectivity index (χ4n) is 2.73. The van der Waals surface area contributed by atoms with Crippen molar-refractivity contribution in [3.8, 4) is 0 Å². The maximum absolute atomic E-state index is 12.2. The topological polar surface area (TPSA) is 62.2 Å². The summed E-state index contributed by atoms with van der Waals surface area (Å²) < 4.78 is 0. The van der Waals surface area contributed by atoms with Crippen molar-refractivity contribution in [3.63, 3.8) is 0 Å². The lowest BCUT2D eigenvalue weighted by Crippen LogP contribution is -2.48. The van der Waals surface area contributed by atoms with Crippen LogP contribution in [0.4, 0.5) is 0 Å². The van der Waals surface area contributed by atoms with E-state index < -0.39 is 0 Å². The van der Waals surface area contributed by atoms with Crippen molar-refractivity contribution >= 4 is 17.2 Å². The van der Waals surface area contributed by atoms with E-state index in [-0.39, 0.29) is 18.1 Å². The third-order valence-electron chi connectivity index (χ3n) is 3.99. The molecule has 1 unspecified atom stereocenters. The van der Waals surface area contributed by atoms with Crippen molar-refractivity contribution in [1.29, 1.82) is 0 Å². The van der Waals surface area contributed by atoms with Gasteiger partial charge in [-0.25, -0.2) is 0 Å². The zero-order valence-corrected chi connectivity index (χ0v) is 12.4. The van der Waals surface area contributed by atoms with Gasteiger partial charge in [0.05, 0.1) is 17.8 Å². The molecular weight excluding hydrogens is 284 g/mol. The second-order valence-corrected chi connectivity index (χ2v) is 6.41. The predicted octanol–water partition coefficient (Wildman–Crippen LogP) is 2.26. The van der Waals surface area contributed by atoms with E-state index in [2.05, 4.69) is 22.4 Å². The number of rotatable bonds is 5. The number of hydrogen-bond acceptors (Lipinski definition) is 4. The summed E-state index contributed by atoms with van der Waals surface area (Å²) in [6, 6.07) is 10.2. The lowest BCUT2D eigenvalue weighted by Gasteiger charge is -2.38. The van der Waals surface area contributed by atoms with Crippen molar-refractivity contribution in [2.24, 2.45) is 5.92 Å². The lowest BCUT2D eigenvalue weighted by atomic mass is 9.75. The Labute approximate surface area is 127 Å². The molecule has 0 bridgehead atoms. The van der Waals surface area contributed by atoms with Crippen LogP contribution in [-0.4, -0.2) is 28.1 Å². The second-order valence-electron chi connectivity index (χ2n) is 5.52. The lowest BCUT2D eigenvalue weighted by molar-refractivity contribution is 0.0240. The van der Waals surface area contributed by atoms with Gasteiger partial charge in [0, 0.05) is 6.04 Å². The minimum atomic E-state index is -0.214. The minimum Gasteiger partial charge on any atom is -0.393 e. The van der Waals surface area contributed by atoms with Crippen LogP contribution in [0, 0.1) is 5.92 Å². The van der Waals surface area contributed by atoms with Gasteiger partial charge < -0.3 is 10.4 Å². The van der Waals surface area contributed by atoms with Gasteiger partial charge in [0.2, 0.25) is 0 Å². The van der Waals surface area contributed by atoms with Crippen LogP contribution < -0.4 is 5.32 Å². The third kappa shape index (κ3) is 3.49. The van der Waals surface area contributed by atoms with Gasteiger partial charge in [-0.2, -0.15) is 0 Å². The van der Waals surface area contributed by atoms with Crippen LogP contribution in [0.1, 0.15) is 28.1 Å². The number of nitrogens with one attached hydrogen (secondary N) is 1. The van der Waals surface area contributed by atoms with Crippen LogP contribution in [-0.2, 0) is 6.42 Å². The highest BCUT2D eigenvalue weighted by Gasteiger charge is 2.35. The fourth-order valence-corrected chi connectivity index (χ4v) is 3.25. The highest BCUT2D eigenvalue weighted by atomic mass is 32.1. The van der Waals surface area contributed by atoms with Crippen LogP contribution in [0.25, 0.3) is 0 Å². The number of amides is 1. The van der Waals surface area contributed by atoms with Crippen LogP contribution >= 0.6 is 11.3 Å². The Kier molecular flexibility index (Phi) is 4.31. The first-order valence-electron chi connectivity index (χ1n) is 7.13. The van der Waals surface area contributed by atoms with Gasteiger partial charge in [-0.15, -0.1) is 11.3 Å². The number of benzene rings is 1. The molecule has 1 aliphatic rings. The molecule has 1 aromatic heterocycles. The van der Waals surface area contributed by atoms with E-state index >= 15 is 0 Å². The van der Waals surface area contributed by atoms with Gasteiger partial charge in [0.25, 0.3) is 5.91 Å². The third-order valence-corrected chi connectivity index (χ3v) is 4.76. The molecule has 2 N–H and O–H groups in total. The summed E-state index contributed by atoms with van der Waals surface area (Å²) in [5, 5.41) is 12.6. The highest BCUT2D eigenvalue weighted by molar-refractivity contribution is 7.11. The molecule has 1 aliphatic carbocycles. The zero-order valence-electron chi connectivity index (χ0n) is 11.6. The quantitative estimate of drug-likeness (QED) is 0.890. The molecule has 1 saturated carbocycles. The van der Waals surface area contributed by atoms with Crippen molar-refractivity contribution in [1.82, 2.24) is 10.3 Å². The van der Waals surface area contributed by atoms with Crippen molar-refractivity contribution in [2.45, 2.75) is 31.4 Å². The summed E-state index contributed by atoms with van der Waals surface area (Å²) >= 11 is 1.34. The molecular formula is C16H18N2O2S. The Balaban J connectivity index is 1.69. The number of nitrogens with zero attached hydrogens (tertiary/aromatic N) is 1. The predicted molar refractivity (Wildman–Crippen MR) is 82.2 cm³/mol. The Morgan fingerprint density at radius 2 is 2.14 bits per heavy atom. The van der Waals surface area contributed by atoms with Gasteiger partial charge in [-0.05, 0) is 30.7 Å². The molecule has 110 valence electrons. The average molecular weight is 302 g/mol. The summed E-state index contributed by atoms with van der Waals surface area (Å²) in [4.78, 5) is 16.8. The van der Waals surface area contributed by atoms with E-state index in [0.717, 1.165) is 19.3 Å². The first-order valence-corrected chi connectivity index (χ1v) is 8.01. The number of thiazole rings is 1. The highest BCUT2D eigenvalue weighted by Crippen LogP contribution is 2.32. The number of aliphatic hydroxyl groups excluding tert-OH is 1. The van der Waals surface area contributed by atoms with E-state index in [1.807, 2.05) is 18.2 Å². The Morgan fingerprint density at radius 1 is 1.38 bits per heavy atom. The molecule has 0 radical (unpaired) electrons. The average Bonchev–Trinajstić information content (AvgIpc) is 2.98. The number of carbonyl (C=O) groups excluding carboxylic acids is 1. The van der Waals surface area contributed by atoms with Gasteiger partial charge in [-0.3, -0.25) is 9.78 Å². The minimum absolute atomic E-state index is 0.0606. The standard InChI is InChI=1S/C16H18N2O2S/c19-13-7-12(8-13)14(6-11-4-2-1-3-5-11)18-16(20)15-9-17-10-21-15/h1-5,9-10,12-14,19H,6-8H2,(H,18,20). The van der Waals surface area contributed by atoms with Crippen LogP contribution in [0.2, 0.25) is 0 Å². The molecule has 1 atom stereocenters. The van der Waals surface area contributed by atoms with Crippen LogP contribution in [0.5, 0.6) is 0 Å². The summed E-state index contributed by atoms with van der Waals surface area (Å²) in [6.45, 7) is 0. The van der Waals surface area contributed by atoms with E-state index in [9.17, 15) is 9.90 Å². The van der Waals surface area contributed by atoms with Crippen LogP contribution in [0.3, 0.4) is 0 Å². The molecule has 0 aliphatic heterocycles. The first kappa shape index (κ1) is 14.2. The largest absolute Gasteiger partial charge is 0.393 e. The normalized spacial score (nSPS) is 22.3. The Morgan fingerprint density at radius 3 is 2.76 bits per heavy atom. The Bertz CT molecular complexity index is 580. The van der Waals surface area contributed by atoms with E-state index in [4.69, 9.17) is 0 Å². The molecule has 3 rings (SSSR count). The summed E-state index contributed by atoms with van der Waals surface area (Å²) in [6.07, 6.45) is 3.70. The summed E-state index contributed by atoms with van der Waals surface area (Å²) in [5.74, 6) is 0.275. The molecule has 21 heavy (non-hydrogen) atoms. The second kappa shape index (κ2) is 6.37. The SMILES string of the molecule is O=C(NC(Cc1ccccc1)C1CC(O)C1)c1cncs1. The molecule has 1 amide bonds. The molecule has 1 aromatic carbocycles. The van der Waals surface area contributed by atoms with E-state index in [1.165, 1.54) is 16.9 Å². The number of carbonyl (C=O) groups is 1. The molecule has 1 heterocycles. The fraction of sp³-hybridized carbons (Fsp3) is 0.375. The number of hydrogen-bond donors (Lipinski definition) is 2. The van der Waals surface area contributed by atoms with E-state index in [0.29, 0.717) is 10.8 Å². The van der Waals surface area contributed by atoms with Crippen molar-refractivity contribution < 1.29 is 9.90 Å². The summed E-state index contributed by atoms with van der Waals surface area (Å²) in [5.41, 5.74) is 2.86.